The van der Waals surface area contributed by atoms with Gasteiger partial charge in [0.2, 0.25) is 0 Å². The van der Waals surface area contributed by atoms with Gasteiger partial charge in [-0.05, 0) is 44.7 Å². The molecule has 3 heteroatoms. The van der Waals surface area contributed by atoms with Crippen LogP contribution >= 0.6 is 0 Å². The van der Waals surface area contributed by atoms with Crippen LogP contribution in [0.5, 0.6) is 0 Å². The van der Waals surface area contributed by atoms with E-state index in [0.29, 0.717) is 6.04 Å². The fraction of sp³-hybridized carbons (Fsp3) is 0.611. The maximum Gasteiger partial charge on any atom is 0.251 e. The van der Waals surface area contributed by atoms with Gasteiger partial charge < -0.3 is 10.2 Å². The number of hydrogen-bond acceptors (Lipinski definition) is 2. The molecule has 2 fully saturated rings. The van der Waals surface area contributed by atoms with Crippen molar-refractivity contribution < 1.29 is 4.79 Å². The number of aryl methyl sites for hydroxylation is 1. The second kappa shape index (κ2) is 6.61. The van der Waals surface area contributed by atoms with Gasteiger partial charge in [-0.3, -0.25) is 4.79 Å². The molecule has 2 aliphatic rings. The van der Waals surface area contributed by atoms with Crippen molar-refractivity contribution in [2.45, 2.75) is 57.5 Å². The minimum Gasteiger partial charge on any atom is -0.349 e. The standard InChI is InChI=1S/C18H26N2O/c1-14-5-4-6-15(13-14)18(21)19-16-9-11-20(12-10-16)17-7-2-3-8-17/h4-6,13,16-17H,2-3,7-12H2,1H3,(H,19,21). The average Bonchev–Trinajstić information content (AvgIpc) is 3.02. The van der Waals surface area contributed by atoms with Gasteiger partial charge in [0, 0.05) is 30.7 Å². The zero-order valence-corrected chi connectivity index (χ0v) is 13.0. The number of rotatable bonds is 3. The number of carbonyl (C=O) groups is 1. The molecule has 1 aliphatic heterocycles. The van der Waals surface area contributed by atoms with Gasteiger partial charge in [-0.2, -0.15) is 0 Å². The van der Waals surface area contributed by atoms with E-state index in [1.165, 1.54) is 25.7 Å². The van der Waals surface area contributed by atoms with Crippen LogP contribution in [0.4, 0.5) is 0 Å². The van der Waals surface area contributed by atoms with Crippen LogP contribution in [0, 0.1) is 6.92 Å². The van der Waals surface area contributed by atoms with Crippen molar-refractivity contribution in [3.63, 3.8) is 0 Å². The Hall–Kier alpha value is -1.35. The van der Waals surface area contributed by atoms with Gasteiger partial charge in [-0.15, -0.1) is 0 Å². The lowest BCUT2D eigenvalue weighted by Gasteiger charge is -2.36. The molecule has 1 aliphatic carbocycles. The molecule has 0 bridgehead atoms. The topological polar surface area (TPSA) is 32.3 Å². The number of nitrogens with one attached hydrogen (secondary N) is 1. The first kappa shape index (κ1) is 14.6. The van der Waals surface area contributed by atoms with E-state index in [9.17, 15) is 4.79 Å². The van der Waals surface area contributed by atoms with Gasteiger partial charge in [0.25, 0.3) is 5.91 Å². The Morgan fingerprint density at radius 3 is 2.52 bits per heavy atom. The SMILES string of the molecule is Cc1cccc(C(=O)NC2CCN(C3CCCC3)CC2)c1. The lowest BCUT2D eigenvalue weighted by atomic mass is 10.0. The Morgan fingerprint density at radius 2 is 1.86 bits per heavy atom. The fourth-order valence-corrected chi connectivity index (χ4v) is 3.73. The number of likely N-dealkylation sites (tertiary alicyclic amines) is 1. The zero-order valence-electron chi connectivity index (χ0n) is 13.0. The third-order valence-electron chi connectivity index (χ3n) is 4.99. The molecule has 3 nitrogen and oxygen atoms in total. The summed E-state index contributed by atoms with van der Waals surface area (Å²) in [6, 6.07) is 9.00. The summed E-state index contributed by atoms with van der Waals surface area (Å²) in [5.41, 5.74) is 1.92. The van der Waals surface area contributed by atoms with Crippen molar-refractivity contribution in [3.8, 4) is 0 Å². The van der Waals surface area contributed by atoms with Crippen LogP contribution in [-0.2, 0) is 0 Å². The first-order valence-corrected chi connectivity index (χ1v) is 8.34. The molecule has 1 aromatic rings. The number of nitrogens with zero attached hydrogens (tertiary/aromatic N) is 1. The van der Waals surface area contributed by atoms with Gasteiger partial charge in [0.05, 0.1) is 0 Å². The van der Waals surface area contributed by atoms with Crippen LogP contribution in [0.2, 0.25) is 0 Å². The van der Waals surface area contributed by atoms with Crippen molar-refractivity contribution in [2.24, 2.45) is 0 Å². The van der Waals surface area contributed by atoms with E-state index in [4.69, 9.17) is 0 Å². The summed E-state index contributed by atoms with van der Waals surface area (Å²) < 4.78 is 0. The monoisotopic (exact) mass is 286 g/mol. The highest BCUT2D eigenvalue weighted by molar-refractivity contribution is 5.94. The second-order valence-corrected chi connectivity index (χ2v) is 6.59. The number of benzene rings is 1. The zero-order chi connectivity index (χ0) is 14.7. The van der Waals surface area contributed by atoms with Crippen LogP contribution in [0.3, 0.4) is 0 Å². The molecular weight excluding hydrogens is 260 g/mol. The Balaban J connectivity index is 1.49. The summed E-state index contributed by atoms with van der Waals surface area (Å²) in [5.74, 6) is 0.0815. The number of amides is 1. The van der Waals surface area contributed by atoms with Gasteiger partial charge in [-0.25, -0.2) is 0 Å². The van der Waals surface area contributed by atoms with E-state index in [1.54, 1.807) is 0 Å². The van der Waals surface area contributed by atoms with Crippen LogP contribution in [-0.4, -0.2) is 36.0 Å². The summed E-state index contributed by atoms with van der Waals surface area (Å²) in [7, 11) is 0. The molecule has 1 saturated heterocycles. The predicted octanol–water partition coefficient (Wildman–Crippen LogP) is 3.13. The van der Waals surface area contributed by atoms with Crippen molar-refractivity contribution in [1.82, 2.24) is 10.2 Å². The van der Waals surface area contributed by atoms with Crippen molar-refractivity contribution >= 4 is 5.91 Å². The van der Waals surface area contributed by atoms with Crippen LogP contribution in [0.15, 0.2) is 24.3 Å². The first-order valence-electron chi connectivity index (χ1n) is 8.34. The average molecular weight is 286 g/mol. The molecular formula is C18H26N2O. The molecule has 0 unspecified atom stereocenters. The molecule has 0 spiro atoms. The van der Waals surface area contributed by atoms with Crippen LogP contribution < -0.4 is 5.32 Å². The third kappa shape index (κ3) is 3.65. The largest absolute Gasteiger partial charge is 0.349 e. The Morgan fingerprint density at radius 1 is 1.14 bits per heavy atom. The van der Waals surface area contributed by atoms with Gasteiger partial charge in [-0.1, -0.05) is 30.5 Å². The lowest BCUT2D eigenvalue weighted by Crippen LogP contribution is -2.47. The maximum absolute atomic E-state index is 12.3. The Labute approximate surface area is 127 Å². The summed E-state index contributed by atoms with van der Waals surface area (Å²) in [4.78, 5) is 14.9. The maximum atomic E-state index is 12.3. The van der Waals surface area contributed by atoms with Crippen LogP contribution in [0.25, 0.3) is 0 Å². The van der Waals surface area contributed by atoms with Crippen molar-refractivity contribution in [3.05, 3.63) is 35.4 Å². The van der Waals surface area contributed by atoms with Crippen molar-refractivity contribution in [2.75, 3.05) is 13.1 Å². The molecule has 1 amide bonds. The third-order valence-corrected chi connectivity index (χ3v) is 4.99. The first-order chi connectivity index (χ1) is 10.2. The second-order valence-electron chi connectivity index (χ2n) is 6.59. The molecule has 1 N–H and O–H groups in total. The van der Waals surface area contributed by atoms with E-state index < -0.39 is 0 Å². The summed E-state index contributed by atoms with van der Waals surface area (Å²) in [6.07, 6.45) is 7.73. The minimum atomic E-state index is 0.0815. The number of carbonyl (C=O) groups excluding carboxylic acids is 1. The van der Waals surface area contributed by atoms with E-state index in [0.717, 1.165) is 43.1 Å². The quantitative estimate of drug-likeness (QED) is 0.926. The predicted molar refractivity (Wildman–Crippen MR) is 85.5 cm³/mol. The van der Waals surface area contributed by atoms with E-state index in [2.05, 4.69) is 10.2 Å². The molecule has 0 radical (unpaired) electrons. The minimum absolute atomic E-state index is 0.0815. The molecule has 1 aromatic carbocycles. The molecule has 1 saturated carbocycles. The van der Waals surface area contributed by atoms with Crippen molar-refractivity contribution in [1.29, 1.82) is 0 Å². The molecule has 0 atom stereocenters. The van der Waals surface area contributed by atoms with E-state index in [-0.39, 0.29) is 5.91 Å². The molecule has 114 valence electrons. The van der Waals surface area contributed by atoms with Gasteiger partial charge in [0.1, 0.15) is 0 Å². The Kier molecular flexibility index (Phi) is 4.59. The van der Waals surface area contributed by atoms with E-state index in [1.807, 2.05) is 31.2 Å². The molecule has 1 heterocycles. The number of piperidine rings is 1. The number of hydrogen-bond donors (Lipinski definition) is 1. The lowest BCUT2D eigenvalue weighted by molar-refractivity contribution is 0.0892. The van der Waals surface area contributed by atoms with Gasteiger partial charge in [0.15, 0.2) is 0 Å². The summed E-state index contributed by atoms with van der Waals surface area (Å²) in [6.45, 7) is 4.31. The highest BCUT2D eigenvalue weighted by atomic mass is 16.1. The normalized spacial score (nSPS) is 21.6. The Bertz CT molecular complexity index is 486. The van der Waals surface area contributed by atoms with Crippen LogP contribution in [0.1, 0.15) is 54.4 Å². The van der Waals surface area contributed by atoms with Gasteiger partial charge >= 0.3 is 0 Å². The highest BCUT2D eigenvalue weighted by Crippen LogP contribution is 2.26. The fourth-order valence-electron chi connectivity index (χ4n) is 3.73. The van der Waals surface area contributed by atoms with E-state index >= 15 is 0 Å². The molecule has 3 rings (SSSR count). The summed E-state index contributed by atoms with van der Waals surface area (Å²) in [5, 5.41) is 3.21. The molecule has 0 aromatic heterocycles. The smallest absolute Gasteiger partial charge is 0.251 e. The highest BCUT2D eigenvalue weighted by Gasteiger charge is 2.27. The summed E-state index contributed by atoms with van der Waals surface area (Å²) >= 11 is 0. The molecule has 21 heavy (non-hydrogen) atoms.